The molecule has 5 heteroatoms. The van der Waals surface area contributed by atoms with Crippen LogP contribution in [-0.2, 0) is 0 Å². The van der Waals surface area contributed by atoms with E-state index < -0.39 is 0 Å². The molecule has 0 aliphatic rings. The van der Waals surface area contributed by atoms with E-state index in [0.29, 0.717) is 0 Å². The predicted molar refractivity (Wildman–Crippen MR) is 31.3 cm³/mol. The van der Waals surface area contributed by atoms with Crippen molar-refractivity contribution in [1.29, 1.82) is 0 Å². The molecule has 0 spiro atoms. The van der Waals surface area contributed by atoms with Gasteiger partial charge in [-0.25, -0.2) is 0 Å². The molecule has 0 bridgehead atoms. The zero-order valence-electron chi connectivity index (χ0n) is 1.22. The first kappa shape index (κ1) is 46.8. The van der Waals surface area contributed by atoms with Gasteiger partial charge in [-0.15, -0.1) is 24.8 Å². The van der Waals surface area contributed by atoms with E-state index in [2.05, 4.69) is 0 Å². The molecule has 5 heavy (non-hydrogen) atoms. The Bertz CT molecular complexity index is 9.61. The molecule has 0 saturated carbocycles. The summed E-state index contributed by atoms with van der Waals surface area (Å²) in [5.74, 6) is 0. The predicted octanol–water partition coefficient (Wildman–Crippen LogP) is -0.301. The van der Waals surface area contributed by atoms with Crippen molar-refractivity contribution in [2.75, 3.05) is 0 Å². The van der Waals surface area contributed by atoms with E-state index in [9.17, 15) is 0 Å². The van der Waals surface area contributed by atoms with Crippen LogP contribution in [0, 0.1) is 0 Å². The fourth-order valence-electron chi connectivity index (χ4n) is 0. The molecule has 0 saturated heterocycles. The van der Waals surface area contributed by atoms with Gasteiger partial charge in [0.05, 0.1) is 0 Å². The van der Waals surface area contributed by atoms with Crippen molar-refractivity contribution in [2.24, 2.45) is 0 Å². The Morgan fingerprint density at radius 3 is 0.800 bits per heavy atom. The van der Waals surface area contributed by atoms with E-state index in [0.717, 1.165) is 0 Å². The summed E-state index contributed by atoms with van der Waals surface area (Å²) in [7, 11) is 0. The molecule has 0 radical (unpaired) electrons. The third-order valence-electron chi connectivity index (χ3n) is 0. The van der Waals surface area contributed by atoms with Gasteiger partial charge in [0.15, 0.2) is 0 Å². The molecule has 0 nitrogen and oxygen atoms in total. The van der Waals surface area contributed by atoms with E-state index in [1.165, 1.54) is 0 Å². The first-order valence-corrected chi connectivity index (χ1v) is 0. The second-order valence-electron chi connectivity index (χ2n) is 0. The number of hydrogen-bond acceptors (Lipinski definition) is 0. The van der Waals surface area contributed by atoms with Gasteiger partial charge in [0.1, 0.15) is 0 Å². The third kappa shape index (κ3) is 20.2. The maximum absolute atomic E-state index is 0. The summed E-state index contributed by atoms with van der Waals surface area (Å²) >= 11 is 0. The second kappa shape index (κ2) is 29.6. The Morgan fingerprint density at radius 1 is 0.800 bits per heavy atom. The molecule has 0 fully saturated rings. The summed E-state index contributed by atoms with van der Waals surface area (Å²) < 4.78 is 0. The Hall–Kier alpha value is 2.74. The molecule has 0 amide bonds. The normalized spacial score (nSPS) is 0. The zero-order chi connectivity index (χ0) is 0. The van der Waals surface area contributed by atoms with Gasteiger partial charge in [-0.2, -0.15) is 0 Å². The van der Waals surface area contributed by atoms with E-state index in [-0.39, 0.29) is 99.8 Å². The van der Waals surface area contributed by atoms with Crippen molar-refractivity contribution in [3.63, 3.8) is 0 Å². The minimum absolute atomic E-state index is 0. The zero-order valence-corrected chi connectivity index (χ0v) is 2.86. The Morgan fingerprint density at radius 2 is 0.800 bits per heavy atom. The van der Waals surface area contributed by atoms with Crippen LogP contribution in [0.1, 0.15) is 0 Å². The quantitative estimate of drug-likeness (QED) is 0.406. The maximum atomic E-state index is 0. The van der Waals surface area contributed by atoms with Gasteiger partial charge in [-0.05, 0) is 0 Å². The van der Waals surface area contributed by atoms with Gasteiger partial charge in [0.2, 0.25) is 0 Å². The SMILES string of the molecule is Cl.Cl.F.[KH].[LiH]. The van der Waals surface area contributed by atoms with E-state index in [1.807, 2.05) is 0 Å². The van der Waals surface area contributed by atoms with Crippen LogP contribution in [-0.4, -0.2) is 70.2 Å². The Kier molecular flexibility index (Phi) is 276. The van der Waals surface area contributed by atoms with Gasteiger partial charge in [0, 0.05) is 0 Å². The van der Waals surface area contributed by atoms with E-state index in [1.54, 1.807) is 0 Å². The summed E-state index contributed by atoms with van der Waals surface area (Å²) in [6, 6.07) is 0. The van der Waals surface area contributed by atoms with Crippen LogP contribution < -0.4 is 0 Å². The molecular weight excluding hydrogens is 136 g/mol. The van der Waals surface area contributed by atoms with Crippen molar-refractivity contribution in [3.05, 3.63) is 0 Å². The third-order valence-corrected chi connectivity index (χ3v) is 0. The Balaban J connectivity index is 0. The van der Waals surface area contributed by atoms with Crippen LogP contribution in [0.2, 0.25) is 0 Å². The average molecular weight is 141 g/mol. The summed E-state index contributed by atoms with van der Waals surface area (Å²) in [6.45, 7) is 0. The van der Waals surface area contributed by atoms with Crippen molar-refractivity contribution in [1.82, 2.24) is 0 Å². The first-order valence-electron chi connectivity index (χ1n) is 0. The monoisotopic (exact) mass is 140 g/mol. The molecule has 0 aliphatic carbocycles. The van der Waals surface area contributed by atoms with Crippen molar-refractivity contribution in [2.45, 2.75) is 0 Å². The molecule has 0 aromatic heterocycles. The molecule has 0 atom stereocenters. The van der Waals surface area contributed by atoms with Crippen LogP contribution >= 0.6 is 24.8 Å². The molecule has 0 aromatic carbocycles. The van der Waals surface area contributed by atoms with Crippen LogP contribution in [0.15, 0.2) is 0 Å². The molecule has 0 rings (SSSR count). The van der Waals surface area contributed by atoms with Gasteiger partial charge < -0.3 is 0 Å². The van der Waals surface area contributed by atoms with Crippen LogP contribution in [0.4, 0.5) is 4.70 Å². The fraction of sp³-hybridized carbons (Fsp3) is 0. The van der Waals surface area contributed by atoms with Crippen LogP contribution in [0.3, 0.4) is 0 Å². The second-order valence-corrected chi connectivity index (χ2v) is 0. The Labute approximate surface area is 97.6 Å². The van der Waals surface area contributed by atoms with Gasteiger partial charge in [-0.1, -0.05) is 0 Å². The molecule has 0 unspecified atom stereocenters. The van der Waals surface area contributed by atoms with E-state index >= 15 is 0 Å². The van der Waals surface area contributed by atoms with Gasteiger partial charge >= 0.3 is 70.2 Å². The van der Waals surface area contributed by atoms with Crippen molar-refractivity contribution >= 4 is 95.1 Å². The molecule has 0 heterocycles. The van der Waals surface area contributed by atoms with Crippen LogP contribution in [0.5, 0.6) is 0 Å². The number of hydrogen-bond donors (Lipinski definition) is 0. The van der Waals surface area contributed by atoms with Gasteiger partial charge in [-0.3, -0.25) is 4.70 Å². The first-order chi connectivity index (χ1) is 0. The molecule has 0 aliphatic heterocycles. The van der Waals surface area contributed by atoms with Crippen molar-refractivity contribution in [3.8, 4) is 0 Å². The minimum atomic E-state index is 0. The summed E-state index contributed by atoms with van der Waals surface area (Å²) in [6.07, 6.45) is 0. The molecule has 28 valence electrons. The van der Waals surface area contributed by atoms with Crippen LogP contribution in [0.25, 0.3) is 0 Å². The number of halogens is 3. The van der Waals surface area contributed by atoms with E-state index in [4.69, 9.17) is 0 Å². The van der Waals surface area contributed by atoms with Gasteiger partial charge in [0.25, 0.3) is 0 Å². The summed E-state index contributed by atoms with van der Waals surface area (Å²) in [5, 5.41) is 0. The molecule has 0 aromatic rings. The van der Waals surface area contributed by atoms with Crippen molar-refractivity contribution < 1.29 is 4.70 Å². The fourth-order valence-corrected chi connectivity index (χ4v) is 0. The number of rotatable bonds is 0. The standard InChI is InChI=1S/2ClH.FH.K.Li.2H/h3*1H;;;;. The molecular formula is H5Cl2FKLi. The average Bonchev–Trinajstić information content (AvgIpc) is 0. The molecule has 0 N–H and O–H groups in total. The summed E-state index contributed by atoms with van der Waals surface area (Å²) in [4.78, 5) is 0. The topological polar surface area (TPSA) is 0 Å². The summed E-state index contributed by atoms with van der Waals surface area (Å²) in [5.41, 5.74) is 0.